The predicted molar refractivity (Wildman–Crippen MR) is 160 cm³/mol. The van der Waals surface area contributed by atoms with E-state index in [-0.39, 0.29) is 17.5 Å². The second-order valence-corrected chi connectivity index (χ2v) is 11.0. The fourth-order valence-corrected chi connectivity index (χ4v) is 5.98. The highest BCUT2D eigenvalue weighted by molar-refractivity contribution is 5.89. The summed E-state index contributed by atoms with van der Waals surface area (Å²) in [6.07, 6.45) is 3.47. The van der Waals surface area contributed by atoms with Gasteiger partial charge in [-0.15, -0.1) is 0 Å². The summed E-state index contributed by atoms with van der Waals surface area (Å²) in [6.45, 7) is 4.09. The number of carbonyl (C=O) groups is 2. The number of likely N-dealkylation sites (tertiary alicyclic amines) is 2. The van der Waals surface area contributed by atoms with Gasteiger partial charge >= 0.3 is 6.03 Å². The summed E-state index contributed by atoms with van der Waals surface area (Å²) in [4.78, 5) is 30.8. The Bertz CT molecular complexity index is 1290. The van der Waals surface area contributed by atoms with Gasteiger partial charge in [-0.1, -0.05) is 42.5 Å². The number of ether oxygens (including phenoxy) is 2. The Hall–Kier alpha value is -4.04. The SMILES string of the molecule is COc1ccc(CN2CCC3(CCN(CCC(NC(=O)Nc4ccc(OC)cc4)c4ccccc4)CC3)C2=O)cc1. The zero-order valence-corrected chi connectivity index (χ0v) is 24.0. The van der Waals surface area contributed by atoms with Crippen LogP contribution in [0.15, 0.2) is 78.9 Å². The molecule has 0 aromatic heterocycles. The van der Waals surface area contributed by atoms with Gasteiger partial charge < -0.3 is 29.9 Å². The zero-order chi connectivity index (χ0) is 28.7. The number of rotatable bonds is 10. The standard InChI is InChI=1S/C33H40N4O4/c1-40-28-12-8-25(9-13-28)24-37-23-19-33(31(37)38)17-21-36(22-18-33)20-16-30(26-6-4-3-5-7-26)35-32(39)34-27-10-14-29(41-2)15-11-27/h3-15,30H,16-24H2,1-2H3,(H2,34,35,39). The third-order valence-corrected chi connectivity index (χ3v) is 8.54. The van der Waals surface area contributed by atoms with Crippen LogP contribution in [0, 0.1) is 5.41 Å². The van der Waals surface area contributed by atoms with Gasteiger partial charge in [-0.3, -0.25) is 4.79 Å². The molecule has 1 atom stereocenters. The Morgan fingerprint density at radius 1 is 0.854 bits per heavy atom. The first-order valence-electron chi connectivity index (χ1n) is 14.4. The van der Waals surface area contributed by atoms with E-state index < -0.39 is 0 Å². The molecule has 1 spiro atoms. The largest absolute Gasteiger partial charge is 0.497 e. The number of methoxy groups -OCH3 is 2. The van der Waals surface area contributed by atoms with E-state index in [9.17, 15) is 9.59 Å². The molecule has 2 saturated heterocycles. The summed E-state index contributed by atoms with van der Waals surface area (Å²) in [5, 5.41) is 6.09. The van der Waals surface area contributed by atoms with Gasteiger partial charge in [0.05, 0.1) is 25.7 Å². The third kappa shape index (κ3) is 7.00. The Labute approximate surface area is 242 Å². The van der Waals surface area contributed by atoms with Gasteiger partial charge in [0.25, 0.3) is 0 Å². The van der Waals surface area contributed by atoms with Crippen LogP contribution in [-0.4, -0.2) is 62.1 Å². The van der Waals surface area contributed by atoms with Crippen LogP contribution in [0.4, 0.5) is 10.5 Å². The first-order valence-corrected chi connectivity index (χ1v) is 14.4. The molecule has 0 aliphatic carbocycles. The van der Waals surface area contributed by atoms with Crippen molar-refractivity contribution in [1.82, 2.24) is 15.1 Å². The number of nitrogens with zero attached hydrogens (tertiary/aromatic N) is 2. The fraction of sp³-hybridized carbons (Fsp3) is 0.394. The molecular weight excluding hydrogens is 516 g/mol. The van der Waals surface area contributed by atoms with E-state index in [1.54, 1.807) is 14.2 Å². The molecule has 5 rings (SSSR count). The molecule has 1 unspecified atom stereocenters. The number of carbonyl (C=O) groups excluding carboxylic acids is 2. The molecule has 3 aromatic carbocycles. The summed E-state index contributed by atoms with van der Waals surface area (Å²) in [6, 6.07) is 25.0. The second-order valence-electron chi connectivity index (χ2n) is 11.0. The molecule has 2 fully saturated rings. The van der Waals surface area contributed by atoms with E-state index >= 15 is 0 Å². The summed E-state index contributed by atoms with van der Waals surface area (Å²) in [7, 11) is 3.28. The molecule has 8 heteroatoms. The summed E-state index contributed by atoms with van der Waals surface area (Å²) in [5.41, 5.74) is 2.67. The van der Waals surface area contributed by atoms with E-state index in [0.717, 1.165) is 74.5 Å². The van der Waals surface area contributed by atoms with Crippen molar-refractivity contribution in [2.24, 2.45) is 5.41 Å². The van der Waals surface area contributed by atoms with Crippen molar-refractivity contribution in [1.29, 1.82) is 0 Å². The molecule has 2 N–H and O–H groups in total. The van der Waals surface area contributed by atoms with Gasteiger partial charge in [0.2, 0.25) is 5.91 Å². The first-order chi connectivity index (χ1) is 20.0. The number of anilines is 1. The summed E-state index contributed by atoms with van der Waals surface area (Å²) >= 11 is 0. The second kappa shape index (κ2) is 13.1. The molecular formula is C33H40N4O4. The Kier molecular flexibility index (Phi) is 9.09. The van der Waals surface area contributed by atoms with Crippen LogP contribution in [0.3, 0.4) is 0 Å². The normalized spacial score (nSPS) is 17.3. The quantitative estimate of drug-likeness (QED) is 0.346. The van der Waals surface area contributed by atoms with Gasteiger partial charge in [-0.2, -0.15) is 0 Å². The van der Waals surface area contributed by atoms with E-state index in [0.29, 0.717) is 18.1 Å². The average Bonchev–Trinajstić information content (AvgIpc) is 3.31. The lowest BCUT2D eigenvalue weighted by Crippen LogP contribution is -2.45. The van der Waals surface area contributed by atoms with Crippen molar-refractivity contribution in [2.45, 2.75) is 38.3 Å². The van der Waals surface area contributed by atoms with Crippen molar-refractivity contribution in [2.75, 3.05) is 45.7 Å². The molecule has 3 amide bonds. The smallest absolute Gasteiger partial charge is 0.319 e. The van der Waals surface area contributed by atoms with E-state index in [2.05, 4.69) is 27.7 Å². The van der Waals surface area contributed by atoms with Gasteiger partial charge in [-0.05, 0) is 86.3 Å². The number of amides is 3. The maximum absolute atomic E-state index is 13.5. The summed E-state index contributed by atoms with van der Waals surface area (Å²) < 4.78 is 10.5. The topological polar surface area (TPSA) is 83.1 Å². The molecule has 2 aliphatic heterocycles. The van der Waals surface area contributed by atoms with E-state index in [4.69, 9.17) is 9.47 Å². The van der Waals surface area contributed by atoms with Crippen molar-refractivity contribution >= 4 is 17.6 Å². The molecule has 2 heterocycles. The molecule has 3 aromatic rings. The number of piperidine rings is 1. The molecule has 0 bridgehead atoms. The highest BCUT2D eigenvalue weighted by Gasteiger charge is 2.47. The van der Waals surface area contributed by atoms with Crippen LogP contribution in [0.1, 0.15) is 42.9 Å². The van der Waals surface area contributed by atoms with Gasteiger partial charge in [0.15, 0.2) is 0 Å². The Balaban J connectivity index is 1.13. The van der Waals surface area contributed by atoms with Gasteiger partial charge in [-0.25, -0.2) is 4.79 Å². The zero-order valence-electron chi connectivity index (χ0n) is 24.0. The third-order valence-electron chi connectivity index (χ3n) is 8.54. The number of hydrogen-bond acceptors (Lipinski definition) is 5. The lowest BCUT2D eigenvalue weighted by atomic mass is 9.77. The van der Waals surface area contributed by atoms with Crippen molar-refractivity contribution in [3.8, 4) is 11.5 Å². The molecule has 216 valence electrons. The van der Waals surface area contributed by atoms with Crippen LogP contribution in [-0.2, 0) is 11.3 Å². The van der Waals surface area contributed by atoms with E-state index in [1.165, 1.54) is 0 Å². The van der Waals surface area contributed by atoms with Crippen LogP contribution >= 0.6 is 0 Å². The van der Waals surface area contributed by atoms with E-state index in [1.807, 2.05) is 71.6 Å². The van der Waals surface area contributed by atoms with Crippen LogP contribution in [0.25, 0.3) is 0 Å². The number of urea groups is 1. The Morgan fingerprint density at radius 3 is 2.10 bits per heavy atom. The number of hydrogen-bond donors (Lipinski definition) is 2. The van der Waals surface area contributed by atoms with Crippen LogP contribution < -0.4 is 20.1 Å². The molecule has 0 radical (unpaired) electrons. The number of benzene rings is 3. The fourth-order valence-electron chi connectivity index (χ4n) is 5.98. The van der Waals surface area contributed by atoms with Gasteiger partial charge in [0, 0.05) is 25.3 Å². The van der Waals surface area contributed by atoms with Crippen LogP contribution in [0.5, 0.6) is 11.5 Å². The minimum absolute atomic E-state index is 0.126. The summed E-state index contributed by atoms with van der Waals surface area (Å²) in [5.74, 6) is 1.87. The molecule has 8 nitrogen and oxygen atoms in total. The van der Waals surface area contributed by atoms with Crippen molar-refractivity contribution in [3.05, 3.63) is 90.0 Å². The molecule has 41 heavy (non-hydrogen) atoms. The van der Waals surface area contributed by atoms with Crippen LogP contribution in [0.2, 0.25) is 0 Å². The lowest BCUT2D eigenvalue weighted by Gasteiger charge is -2.38. The highest BCUT2D eigenvalue weighted by Crippen LogP contribution is 2.42. The number of nitrogens with one attached hydrogen (secondary N) is 2. The monoisotopic (exact) mass is 556 g/mol. The molecule has 2 aliphatic rings. The Morgan fingerprint density at radius 2 is 1.46 bits per heavy atom. The predicted octanol–water partition coefficient (Wildman–Crippen LogP) is 5.47. The maximum Gasteiger partial charge on any atom is 0.319 e. The molecule has 0 saturated carbocycles. The van der Waals surface area contributed by atoms with Crippen molar-refractivity contribution < 1.29 is 19.1 Å². The lowest BCUT2D eigenvalue weighted by molar-refractivity contribution is -0.138. The highest BCUT2D eigenvalue weighted by atomic mass is 16.5. The van der Waals surface area contributed by atoms with Gasteiger partial charge in [0.1, 0.15) is 11.5 Å². The minimum Gasteiger partial charge on any atom is -0.497 e. The van der Waals surface area contributed by atoms with Crippen molar-refractivity contribution in [3.63, 3.8) is 0 Å². The maximum atomic E-state index is 13.5. The average molecular weight is 557 g/mol. The minimum atomic E-state index is -0.241. The first kappa shape index (κ1) is 28.5.